The van der Waals surface area contributed by atoms with Gasteiger partial charge in [-0.1, -0.05) is 97.1 Å². The molecule has 0 aromatic heterocycles. The summed E-state index contributed by atoms with van der Waals surface area (Å²) in [6, 6.07) is 34.5. The van der Waals surface area contributed by atoms with Crippen molar-refractivity contribution in [1.82, 2.24) is 0 Å². The van der Waals surface area contributed by atoms with Gasteiger partial charge in [-0.15, -0.1) is 0 Å². The van der Waals surface area contributed by atoms with Crippen LogP contribution in [-0.2, 0) is 9.53 Å². The Hall–Kier alpha value is -4.17. The third kappa shape index (κ3) is 2.41. The van der Waals surface area contributed by atoms with E-state index < -0.39 is 0 Å². The van der Waals surface area contributed by atoms with Crippen LogP contribution in [0.25, 0.3) is 54.2 Å². The van der Waals surface area contributed by atoms with Crippen LogP contribution in [0.2, 0.25) is 0 Å². The molecule has 2 heteroatoms. The fourth-order valence-corrected chi connectivity index (χ4v) is 6.03. The Balaban J connectivity index is 1.78. The van der Waals surface area contributed by atoms with Crippen LogP contribution >= 0.6 is 0 Å². The lowest BCUT2D eigenvalue weighted by Crippen LogP contribution is -2.07. The average Bonchev–Trinajstić information content (AvgIpc) is 3.24. The molecule has 1 radical (unpaired) electrons. The first-order chi connectivity index (χ1) is 16.4. The number of rotatable bonds is 3. The van der Waals surface area contributed by atoms with Gasteiger partial charge in [0.1, 0.15) is 6.61 Å². The molecule has 0 saturated carbocycles. The van der Waals surface area contributed by atoms with E-state index in [1.54, 1.807) is 6.47 Å². The zero-order chi connectivity index (χ0) is 21.9. The van der Waals surface area contributed by atoms with E-state index in [0.29, 0.717) is 0 Å². The maximum absolute atomic E-state index is 11.2. The minimum atomic E-state index is -0.0551. The summed E-state index contributed by atoms with van der Waals surface area (Å²) >= 11 is 0. The Morgan fingerprint density at radius 1 is 0.515 bits per heavy atom. The fraction of sp³-hybridized carbons (Fsp3) is 0.0645. The highest BCUT2D eigenvalue weighted by Crippen LogP contribution is 2.56. The molecule has 0 heterocycles. The summed E-state index contributed by atoms with van der Waals surface area (Å²) in [7, 11) is 0. The second kappa shape index (κ2) is 6.91. The van der Waals surface area contributed by atoms with Gasteiger partial charge in [-0.05, 0) is 65.3 Å². The lowest BCUT2D eigenvalue weighted by Gasteiger charge is -2.17. The first kappa shape index (κ1) is 18.4. The molecule has 0 N–H and O–H groups in total. The normalized spacial score (nSPS) is 13.0. The molecule has 1 aliphatic rings. The van der Waals surface area contributed by atoms with E-state index in [1.807, 2.05) is 0 Å². The van der Waals surface area contributed by atoms with Crippen LogP contribution in [0.1, 0.15) is 17.0 Å². The number of ether oxygens (including phenoxy) is 1. The molecule has 155 valence electrons. The third-order valence-electron chi connectivity index (χ3n) is 7.20. The van der Waals surface area contributed by atoms with E-state index in [0.717, 1.165) is 0 Å². The second-order valence-corrected chi connectivity index (χ2v) is 8.71. The van der Waals surface area contributed by atoms with E-state index in [-0.39, 0.29) is 12.5 Å². The van der Waals surface area contributed by atoms with Gasteiger partial charge in [0.2, 0.25) is 0 Å². The highest BCUT2D eigenvalue weighted by atomic mass is 16.5. The van der Waals surface area contributed by atoms with Crippen molar-refractivity contribution in [1.29, 1.82) is 0 Å². The topological polar surface area (TPSA) is 26.3 Å². The summed E-state index contributed by atoms with van der Waals surface area (Å²) in [6.45, 7) is 1.95. The van der Waals surface area contributed by atoms with E-state index in [9.17, 15) is 4.79 Å². The number of hydrogen-bond acceptors (Lipinski definition) is 2. The first-order valence-electron chi connectivity index (χ1n) is 11.2. The van der Waals surface area contributed by atoms with Crippen molar-refractivity contribution in [3.05, 3.63) is 108 Å². The molecule has 0 atom stereocenters. The summed E-state index contributed by atoms with van der Waals surface area (Å²) in [5.41, 5.74) is 5.02. The van der Waals surface area contributed by atoms with Gasteiger partial charge in [-0.25, -0.2) is 4.79 Å². The molecule has 0 spiro atoms. The molecule has 0 bridgehead atoms. The second-order valence-electron chi connectivity index (χ2n) is 8.71. The lowest BCUT2D eigenvalue weighted by molar-refractivity contribution is 0.269. The summed E-state index contributed by atoms with van der Waals surface area (Å²) in [5.74, 6) is -0.0551. The molecule has 6 aromatic rings. The zero-order valence-corrected chi connectivity index (χ0v) is 17.8. The van der Waals surface area contributed by atoms with Gasteiger partial charge in [0, 0.05) is 5.92 Å². The van der Waals surface area contributed by atoms with E-state index in [4.69, 9.17) is 4.74 Å². The van der Waals surface area contributed by atoms with E-state index in [2.05, 4.69) is 97.1 Å². The third-order valence-corrected chi connectivity index (χ3v) is 7.20. The quantitative estimate of drug-likeness (QED) is 0.276. The van der Waals surface area contributed by atoms with Gasteiger partial charge >= 0.3 is 6.47 Å². The van der Waals surface area contributed by atoms with Crippen LogP contribution in [0.15, 0.2) is 97.1 Å². The van der Waals surface area contributed by atoms with Crippen LogP contribution in [0.4, 0.5) is 0 Å². The Morgan fingerprint density at radius 2 is 0.848 bits per heavy atom. The predicted molar refractivity (Wildman–Crippen MR) is 135 cm³/mol. The van der Waals surface area contributed by atoms with Gasteiger partial charge in [0.15, 0.2) is 0 Å². The Morgan fingerprint density at radius 3 is 1.24 bits per heavy atom. The largest absolute Gasteiger partial charge is 0.456 e. The monoisotopic (exact) mass is 423 g/mol. The molecule has 0 fully saturated rings. The SMILES string of the molecule is O=[C]OCC1c2c(c3ccccc3c3ccccc23)-c2c1c1ccccc1c1ccccc21. The van der Waals surface area contributed by atoms with Crippen molar-refractivity contribution in [3.63, 3.8) is 0 Å². The summed E-state index contributed by atoms with van der Waals surface area (Å²) in [6.07, 6.45) is 0. The fourth-order valence-electron chi connectivity index (χ4n) is 6.03. The molecule has 2 nitrogen and oxygen atoms in total. The summed E-state index contributed by atoms with van der Waals surface area (Å²) < 4.78 is 5.35. The van der Waals surface area contributed by atoms with Crippen molar-refractivity contribution in [2.45, 2.75) is 5.92 Å². The highest BCUT2D eigenvalue weighted by Gasteiger charge is 2.36. The molecule has 0 unspecified atom stereocenters. The van der Waals surface area contributed by atoms with Gasteiger partial charge < -0.3 is 4.74 Å². The van der Waals surface area contributed by atoms with Crippen molar-refractivity contribution >= 4 is 49.6 Å². The molecular weight excluding hydrogens is 404 g/mol. The lowest BCUT2D eigenvalue weighted by atomic mass is 9.88. The van der Waals surface area contributed by atoms with Crippen LogP contribution in [-0.4, -0.2) is 13.1 Å². The van der Waals surface area contributed by atoms with Gasteiger partial charge in [-0.3, -0.25) is 0 Å². The molecule has 0 aliphatic heterocycles. The van der Waals surface area contributed by atoms with Crippen molar-refractivity contribution in [2.24, 2.45) is 0 Å². The number of fused-ring (bicyclic) bond motifs is 13. The average molecular weight is 423 g/mol. The minimum Gasteiger partial charge on any atom is -0.456 e. The maximum atomic E-state index is 11.2. The van der Waals surface area contributed by atoms with Crippen LogP contribution < -0.4 is 0 Å². The van der Waals surface area contributed by atoms with Crippen molar-refractivity contribution < 1.29 is 9.53 Å². The van der Waals surface area contributed by atoms with Gasteiger partial charge in [-0.2, -0.15) is 0 Å². The maximum Gasteiger partial charge on any atom is 0.417 e. The van der Waals surface area contributed by atoms with E-state index in [1.165, 1.54) is 65.3 Å². The number of carbonyl (C=O) groups excluding carboxylic acids is 1. The van der Waals surface area contributed by atoms with Crippen molar-refractivity contribution in [3.8, 4) is 11.1 Å². The summed E-state index contributed by atoms with van der Waals surface area (Å²) in [4.78, 5) is 11.2. The Kier molecular flexibility index (Phi) is 3.86. The summed E-state index contributed by atoms with van der Waals surface area (Å²) in [5, 5.41) is 9.87. The Bertz CT molecular complexity index is 1620. The minimum absolute atomic E-state index is 0.0551. The first-order valence-corrected chi connectivity index (χ1v) is 11.2. The van der Waals surface area contributed by atoms with Crippen molar-refractivity contribution in [2.75, 3.05) is 6.61 Å². The molecule has 0 amide bonds. The van der Waals surface area contributed by atoms with Crippen LogP contribution in [0.3, 0.4) is 0 Å². The molecule has 1 aliphatic carbocycles. The highest BCUT2D eigenvalue weighted by molar-refractivity contribution is 6.25. The van der Waals surface area contributed by atoms with Gasteiger partial charge in [0.25, 0.3) is 0 Å². The molecule has 33 heavy (non-hydrogen) atoms. The van der Waals surface area contributed by atoms with Gasteiger partial charge in [0.05, 0.1) is 0 Å². The predicted octanol–water partition coefficient (Wildman–Crippen LogP) is 7.50. The van der Waals surface area contributed by atoms with Crippen LogP contribution in [0.5, 0.6) is 0 Å². The smallest absolute Gasteiger partial charge is 0.417 e. The molecular formula is C31H19O2. The zero-order valence-electron chi connectivity index (χ0n) is 17.8. The van der Waals surface area contributed by atoms with Crippen LogP contribution in [0, 0.1) is 0 Å². The molecule has 7 rings (SSSR count). The Labute approximate surface area is 191 Å². The molecule has 6 aromatic carbocycles. The molecule has 0 saturated heterocycles. The number of hydrogen-bond donors (Lipinski definition) is 0. The number of benzene rings is 6. The van der Waals surface area contributed by atoms with E-state index >= 15 is 0 Å². The standard InChI is InChI=1S/C31H19O2/c32-18-33-17-27-28-23-13-5-1-9-19(23)21-11-3-7-15-25(21)30(28)31-26-16-8-4-12-22(26)20-10-2-6-14-24(20)29(27)31/h1-16,27H,17H2.